The molecule has 0 aliphatic heterocycles. The van der Waals surface area contributed by atoms with Crippen molar-refractivity contribution in [3.05, 3.63) is 11.4 Å². The normalized spacial score (nSPS) is 25.7. The van der Waals surface area contributed by atoms with E-state index in [9.17, 15) is 5.11 Å². The van der Waals surface area contributed by atoms with Crippen molar-refractivity contribution in [3.8, 4) is 0 Å². The molecule has 21 heavy (non-hydrogen) atoms. The summed E-state index contributed by atoms with van der Waals surface area (Å²) in [6.45, 7) is 6.48. The third-order valence-corrected chi connectivity index (χ3v) is 4.59. The Bertz CT molecular complexity index is 483. The van der Waals surface area contributed by atoms with E-state index in [2.05, 4.69) is 27.6 Å². The lowest BCUT2D eigenvalue weighted by Crippen LogP contribution is -2.40. The summed E-state index contributed by atoms with van der Waals surface area (Å²) in [7, 11) is 0. The van der Waals surface area contributed by atoms with Crippen LogP contribution in [0, 0.1) is 19.8 Å². The largest absolute Gasteiger partial charge is 0.388 e. The van der Waals surface area contributed by atoms with Crippen LogP contribution in [-0.4, -0.2) is 27.2 Å². The molecule has 1 aliphatic rings. The number of rotatable bonds is 5. The van der Waals surface area contributed by atoms with Crippen molar-refractivity contribution >= 4 is 11.6 Å². The third kappa shape index (κ3) is 3.83. The lowest BCUT2D eigenvalue weighted by Gasteiger charge is -2.36. The Morgan fingerprint density at radius 3 is 2.43 bits per heavy atom. The molecule has 0 spiro atoms. The van der Waals surface area contributed by atoms with Crippen LogP contribution in [0.15, 0.2) is 0 Å². The van der Waals surface area contributed by atoms with Gasteiger partial charge < -0.3 is 15.8 Å². The van der Waals surface area contributed by atoms with Gasteiger partial charge in [-0.2, -0.15) is 0 Å². The second-order valence-electron chi connectivity index (χ2n) is 6.17. The first-order valence-electron chi connectivity index (χ1n) is 7.75. The summed E-state index contributed by atoms with van der Waals surface area (Å²) in [6.07, 6.45) is 5.12. The average Bonchev–Trinajstić information content (AvgIpc) is 2.48. The number of hydrazine groups is 1. The topological polar surface area (TPSA) is 96.1 Å². The van der Waals surface area contributed by atoms with Crippen molar-refractivity contribution < 1.29 is 5.11 Å². The molecule has 0 bridgehead atoms. The van der Waals surface area contributed by atoms with Gasteiger partial charge in [-0.3, -0.25) is 0 Å². The van der Waals surface area contributed by atoms with Gasteiger partial charge in [-0.25, -0.2) is 15.8 Å². The smallest absolute Gasteiger partial charge is 0.148 e. The number of hydrogen-bond acceptors (Lipinski definition) is 6. The van der Waals surface area contributed by atoms with Gasteiger partial charge >= 0.3 is 0 Å². The number of nitrogen functional groups attached to an aromatic ring is 1. The molecule has 1 saturated carbocycles. The highest BCUT2D eigenvalue weighted by Gasteiger charge is 2.32. The number of nitrogens with zero attached hydrogens (tertiary/aromatic N) is 2. The minimum Gasteiger partial charge on any atom is -0.388 e. The van der Waals surface area contributed by atoms with E-state index in [-0.39, 0.29) is 0 Å². The quantitative estimate of drug-likeness (QED) is 0.490. The highest BCUT2D eigenvalue weighted by Crippen LogP contribution is 2.34. The van der Waals surface area contributed by atoms with Gasteiger partial charge in [0.05, 0.1) is 5.60 Å². The maximum atomic E-state index is 10.7. The van der Waals surface area contributed by atoms with Crippen LogP contribution in [0.1, 0.15) is 50.4 Å². The fourth-order valence-corrected chi connectivity index (χ4v) is 2.99. The van der Waals surface area contributed by atoms with E-state index in [1.165, 1.54) is 6.42 Å². The summed E-state index contributed by atoms with van der Waals surface area (Å²) in [5.74, 6) is 8.24. The van der Waals surface area contributed by atoms with Crippen LogP contribution in [0.5, 0.6) is 0 Å². The Kier molecular flexibility index (Phi) is 5.00. The molecule has 1 aromatic rings. The number of aryl methyl sites for hydroxylation is 1. The number of aliphatic hydroxyl groups is 1. The van der Waals surface area contributed by atoms with Crippen LogP contribution in [0.25, 0.3) is 0 Å². The van der Waals surface area contributed by atoms with E-state index in [1.807, 2.05) is 13.8 Å². The summed E-state index contributed by atoms with van der Waals surface area (Å²) >= 11 is 0. The van der Waals surface area contributed by atoms with Gasteiger partial charge in [0.25, 0.3) is 0 Å². The molecule has 118 valence electrons. The second-order valence-corrected chi connectivity index (χ2v) is 6.17. The Labute approximate surface area is 126 Å². The van der Waals surface area contributed by atoms with Crippen LogP contribution in [0.2, 0.25) is 0 Å². The minimum absolute atomic E-state index is 0.519. The molecule has 0 aromatic carbocycles. The zero-order chi connectivity index (χ0) is 15.5. The molecule has 1 aliphatic carbocycles. The Balaban J connectivity index is 2.01. The fourth-order valence-electron chi connectivity index (χ4n) is 2.99. The molecule has 2 rings (SSSR count). The summed E-state index contributed by atoms with van der Waals surface area (Å²) in [5.41, 5.74) is 2.82. The van der Waals surface area contributed by atoms with E-state index < -0.39 is 5.60 Å². The van der Waals surface area contributed by atoms with Gasteiger partial charge in [0, 0.05) is 12.1 Å². The van der Waals surface area contributed by atoms with E-state index in [0.29, 0.717) is 18.2 Å². The molecule has 0 radical (unpaired) electrons. The highest BCUT2D eigenvalue weighted by molar-refractivity contribution is 5.56. The molecule has 0 atom stereocenters. The molecule has 1 aromatic heterocycles. The number of nitrogens with one attached hydrogen (secondary N) is 2. The van der Waals surface area contributed by atoms with Crippen molar-refractivity contribution in [2.75, 3.05) is 17.3 Å². The predicted molar refractivity (Wildman–Crippen MR) is 85.0 cm³/mol. The van der Waals surface area contributed by atoms with Gasteiger partial charge in [0.2, 0.25) is 0 Å². The summed E-state index contributed by atoms with van der Waals surface area (Å²) < 4.78 is 0. The van der Waals surface area contributed by atoms with Crippen LogP contribution >= 0.6 is 0 Å². The Morgan fingerprint density at radius 2 is 1.86 bits per heavy atom. The molecule has 0 amide bonds. The zero-order valence-electron chi connectivity index (χ0n) is 13.2. The van der Waals surface area contributed by atoms with E-state index in [0.717, 1.165) is 43.0 Å². The standard InChI is InChI=1S/C15H27N5O/c1-4-12-5-7-15(21,8-6-12)9-17-13-10(2)14(20-16)19-11(3)18-13/h12,21H,4-9,16H2,1-3H3,(H2,17,18,19,20). The average molecular weight is 293 g/mol. The first-order valence-corrected chi connectivity index (χ1v) is 7.75. The fraction of sp³-hybridized carbons (Fsp3) is 0.733. The van der Waals surface area contributed by atoms with Crippen LogP contribution < -0.4 is 16.6 Å². The van der Waals surface area contributed by atoms with Gasteiger partial charge in [-0.15, -0.1) is 0 Å². The third-order valence-electron chi connectivity index (χ3n) is 4.59. The monoisotopic (exact) mass is 293 g/mol. The molecule has 6 heteroatoms. The Morgan fingerprint density at radius 1 is 1.24 bits per heavy atom. The zero-order valence-corrected chi connectivity index (χ0v) is 13.2. The van der Waals surface area contributed by atoms with Gasteiger partial charge in [0.1, 0.15) is 17.5 Å². The number of hydrogen-bond donors (Lipinski definition) is 4. The molecule has 0 unspecified atom stereocenters. The maximum Gasteiger partial charge on any atom is 0.148 e. The van der Waals surface area contributed by atoms with Crippen molar-refractivity contribution in [2.45, 2.75) is 58.5 Å². The predicted octanol–water partition coefficient (Wildman–Crippen LogP) is 2.12. The van der Waals surface area contributed by atoms with Gasteiger partial charge in [0.15, 0.2) is 0 Å². The van der Waals surface area contributed by atoms with Crippen LogP contribution in [0.3, 0.4) is 0 Å². The minimum atomic E-state index is -0.632. The lowest BCUT2D eigenvalue weighted by atomic mass is 9.78. The summed E-state index contributed by atoms with van der Waals surface area (Å²) in [5, 5.41) is 14.0. The molecule has 1 heterocycles. The van der Waals surface area contributed by atoms with Gasteiger partial charge in [-0.05, 0) is 45.4 Å². The van der Waals surface area contributed by atoms with E-state index in [1.54, 1.807) is 0 Å². The van der Waals surface area contributed by atoms with Crippen molar-refractivity contribution in [1.29, 1.82) is 0 Å². The molecule has 6 nitrogen and oxygen atoms in total. The first-order chi connectivity index (χ1) is 9.97. The Hall–Kier alpha value is -1.40. The van der Waals surface area contributed by atoms with E-state index in [4.69, 9.17) is 5.84 Å². The molecule has 0 saturated heterocycles. The van der Waals surface area contributed by atoms with Crippen molar-refractivity contribution in [3.63, 3.8) is 0 Å². The second kappa shape index (κ2) is 6.58. The number of anilines is 2. The van der Waals surface area contributed by atoms with Crippen molar-refractivity contribution in [2.24, 2.45) is 11.8 Å². The van der Waals surface area contributed by atoms with Gasteiger partial charge in [-0.1, -0.05) is 13.3 Å². The molecular weight excluding hydrogens is 266 g/mol. The molecule has 5 N–H and O–H groups in total. The summed E-state index contributed by atoms with van der Waals surface area (Å²) in [4.78, 5) is 8.63. The van der Waals surface area contributed by atoms with Crippen LogP contribution in [0.4, 0.5) is 11.6 Å². The number of aromatic nitrogens is 2. The molecular formula is C15H27N5O. The summed E-state index contributed by atoms with van der Waals surface area (Å²) in [6, 6.07) is 0. The maximum absolute atomic E-state index is 10.7. The van der Waals surface area contributed by atoms with Crippen LogP contribution in [-0.2, 0) is 0 Å². The number of nitrogens with two attached hydrogens (primary N) is 1. The highest BCUT2D eigenvalue weighted by atomic mass is 16.3. The molecule has 1 fully saturated rings. The van der Waals surface area contributed by atoms with Crippen molar-refractivity contribution in [1.82, 2.24) is 9.97 Å². The lowest BCUT2D eigenvalue weighted by molar-refractivity contribution is 0.00222. The van der Waals surface area contributed by atoms with E-state index >= 15 is 0 Å². The SMILES string of the molecule is CCC1CCC(O)(CNc2nc(C)nc(NN)c2C)CC1. The first kappa shape index (κ1) is 16.0.